The first kappa shape index (κ1) is 12.8. The highest BCUT2D eigenvalue weighted by Gasteiger charge is 1.74. The van der Waals surface area contributed by atoms with Crippen LogP contribution in [0.5, 0.6) is 0 Å². The Hall–Kier alpha value is -0.870. The number of hydrogen-bond acceptors (Lipinski definition) is 3. The molecule has 0 unspecified atom stereocenters. The Morgan fingerprint density at radius 2 is 2.27 bits per heavy atom. The van der Waals surface area contributed by atoms with Gasteiger partial charge in [0, 0.05) is 6.61 Å². The van der Waals surface area contributed by atoms with Crippen LogP contribution in [0.2, 0.25) is 0 Å². The lowest BCUT2D eigenvalue weighted by Gasteiger charge is -1.89. The van der Waals surface area contributed by atoms with Gasteiger partial charge in [0.2, 0.25) is 5.91 Å². The molecule has 0 spiro atoms. The van der Waals surface area contributed by atoms with Crippen molar-refractivity contribution in [3.63, 3.8) is 0 Å². The first-order valence-electron chi connectivity index (χ1n) is 3.36. The minimum absolute atomic E-state index is 0.292. The number of nitrogens with two attached hydrogens (primary N) is 1. The molecule has 4 nitrogen and oxygen atoms in total. The van der Waals surface area contributed by atoms with E-state index in [0.717, 1.165) is 19.0 Å². The molecule has 0 aromatic heterocycles. The van der Waals surface area contributed by atoms with Crippen LogP contribution in [0.3, 0.4) is 0 Å². The lowest BCUT2D eigenvalue weighted by atomic mass is 10.5. The molecule has 0 saturated heterocycles. The highest BCUT2D eigenvalue weighted by Crippen LogP contribution is 1.66. The van der Waals surface area contributed by atoms with Gasteiger partial charge in [-0.1, -0.05) is 6.58 Å². The van der Waals surface area contributed by atoms with Crippen molar-refractivity contribution in [3.05, 3.63) is 12.7 Å². The monoisotopic (exact) mass is 160 g/mol. The Morgan fingerprint density at radius 3 is 2.36 bits per heavy atom. The molecule has 1 amide bonds. The number of aliphatic hydroxyl groups excluding tert-OH is 1. The molecular weight excluding hydrogens is 144 g/mol. The smallest absolute Gasteiger partial charge is 0.240 e. The molecule has 11 heavy (non-hydrogen) atoms. The van der Waals surface area contributed by atoms with Gasteiger partial charge < -0.3 is 16.2 Å². The van der Waals surface area contributed by atoms with Gasteiger partial charge in [-0.15, -0.1) is 0 Å². The fourth-order valence-corrected chi connectivity index (χ4v) is 0.256. The summed E-state index contributed by atoms with van der Waals surface area (Å²) in [5.41, 5.74) is 4.53. The predicted molar refractivity (Wildman–Crippen MR) is 45.0 cm³/mol. The largest absolute Gasteiger partial charge is 0.396 e. The van der Waals surface area contributed by atoms with Crippen LogP contribution in [0, 0.1) is 0 Å². The normalized spacial score (nSPS) is 7.82. The maximum atomic E-state index is 9.47. The zero-order chi connectivity index (χ0) is 9.11. The third-order valence-corrected chi connectivity index (χ3v) is 0.786. The van der Waals surface area contributed by atoms with Crippen molar-refractivity contribution in [2.45, 2.75) is 6.42 Å². The average Bonchev–Trinajstić information content (AvgIpc) is 2.02. The van der Waals surface area contributed by atoms with Crippen LogP contribution >= 0.6 is 0 Å². The molecule has 4 heteroatoms. The Morgan fingerprint density at radius 1 is 1.82 bits per heavy atom. The standard InChI is InChI=1S/C4H11NO.C3H5NO/c1-5-3-2-4-6;1-2-3(4)5/h5-6H,2-4H2,1H3;2H,1H2,(H2,4,5). The fourth-order valence-electron chi connectivity index (χ4n) is 0.256. The van der Waals surface area contributed by atoms with E-state index in [4.69, 9.17) is 5.11 Å². The van der Waals surface area contributed by atoms with E-state index >= 15 is 0 Å². The van der Waals surface area contributed by atoms with E-state index in [9.17, 15) is 4.79 Å². The maximum Gasteiger partial charge on any atom is 0.240 e. The van der Waals surface area contributed by atoms with Crippen molar-refractivity contribution in [2.75, 3.05) is 20.2 Å². The number of aliphatic hydroxyl groups is 1. The van der Waals surface area contributed by atoms with Gasteiger partial charge in [-0.25, -0.2) is 0 Å². The number of carbonyl (C=O) groups excluding carboxylic acids is 1. The topological polar surface area (TPSA) is 75.4 Å². The van der Waals surface area contributed by atoms with Crippen molar-refractivity contribution in [1.82, 2.24) is 5.32 Å². The van der Waals surface area contributed by atoms with Gasteiger partial charge in [-0.05, 0) is 26.1 Å². The van der Waals surface area contributed by atoms with E-state index in [-0.39, 0.29) is 0 Å². The van der Waals surface area contributed by atoms with Crippen LogP contribution in [0.4, 0.5) is 0 Å². The van der Waals surface area contributed by atoms with Crippen molar-refractivity contribution >= 4 is 5.91 Å². The Balaban J connectivity index is 0. The number of rotatable bonds is 4. The van der Waals surface area contributed by atoms with Crippen molar-refractivity contribution in [2.24, 2.45) is 5.73 Å². The molecule has 0 aliphatic carbocycles. The molecule has 66 valence electrons. The number of hydrogen-bond donors (Lipinski definition) is 3. The summed E-state index contributed by atoms with van der Waals surface area (Å²) in [6.45, 7) is 4.29. The number of primary amides is 1. The number of carbonyl (C=O) groups is 1. The van der Waals surface area contributed by atoms with Gasteiger partial charge in [0.05, 0.1) is 0 Å². The summed E-state index contributed by atoms with van der Waals surface area (Å²) >= 11 is 0. The summed E-state index contributed by atoms with van der Waals surface area (Å²) in [4.78, 5) is 9.47. The predicted octanol–water partition coefficient (Wildman–Crippen LogP) is -0.754. The SMILES string of the molecule is C=CC(N)=O.CNCCCO. The Kier molecular flexibility index (Phi) is 13.8. The molecule has 0 fully saturated rings. The number of amides is 1. The van der Waals surface area contributed by atoms with Gasteiger partial charge in [0.15, 0.2) is 0 Å². The molecule has 0 aliphatic heterocycles. The van der Waals surface area contributed by atoms with Crippen LogP contribution in [0.15, 0.2) is 12.7 Å². The average molecular weight is 160 g/mol. The second-order valence-corrected chi connectivity index (χ2v) is 1.79. The molecular formula is C7H16N2O2. The van der Waals surface area contributed by atoms with E-state index in [2.05, 4.69) is 17.6 Å². The summed E-state index contributed by atoms with van der Waals surface area (Å²) in [7, 11) is 1.87. The number of nitrogens with one attached hydrogen (secondary N) is 1. The summed E-state index contributed by atoms with van der Waals surface area (Å²) in [5, 5.41) is 11.1. The molecule has 0 aromatic carbocycles. The quantitative estimate of drug-likeness (QED) is 0.374. The van der Waals surface area contributed by atoms with Gasteiger partial charge >= 0.3 is 0 Å². The van der Waals surface area contributed by atoms with E-state index < -0.39 is 5.91 Å². The van der Waals surface area contributed by atoms with E-state index in [1.807, 2.05) is 7.05 Å². The molecule has 0 radical (unpaired) electrons. The highest BCUT2D eigenvalue weighted by molar-refractivity contribution is 5.84. The molecule has 0 rings (SSSR count). The van der Waals surface area contributed by atoms with Crippen LogP contribution < -0.4 is 11.1 Å². The summed E-state index contributed by atoms with van der Waals surface area (Å²) in [6, 6.07) is 0. The molecule has 0 aliphatic rings. The molecule has 0 bridgehead atoms. The Labute approximate surface area is 67.1 Å². The lowest BCUT2D eigenvalue weighted by molar-refractivity contribution is -0.113. The second kappa shape index (κ2) is 11.9. The van der Waals surface area contributed by atoms with Crippen molar-refractivity contribution < 1.29 is 9.90 Å². The molecule has 0 saturated carbocycles. The van der Waals surface area contributed by atoms with Gasteiger partial charge in [-0.2, -0.15) is 0 Å². The first-order valence-corrected chi connectivity index (χ1v) is 3.36. The van der Waals surface area contributed by atoms with E-state index in [1.54, 1.807) is 0 Å². The van der Waals surface area contributed by atoms with Gasteiger partial charge in [0.1, 0.15) is 0 Å². The highest BCUT2D eigenvalue weighted by atomic mass is 16.3. The van der Waals surface area contributed by atoms with E-state index in [1.165, 1.54) is 0 Å². The summed E-state index contributed by atoms with van der Waals surface area (Å²) in [5.74, 6) is -0.481. The Bertz CT molecular complexity index is 101. The molecule has 0 aromatic rings. The first-order chi connectivity index (χ1) is 5.18. The fraction of sp³-hybridized carbons (Fsp3) is 0.571. The van der Waals surface area contributed by atoms with Crippen LogP contribution in [-0.2, 0) is 4.79 Å². The van der Waals surface area contributed by atoms with Gasteiger partial charge in [0.25, 0.3) is 0 Å². The van der Waals surface area contributed by atoms with Gasteiger partial charge in [-0.3, -0.25) is 4.79 Å². The molecule has 0 heterocycles. The van der Waals surface area contributed by atoms with Crippen LogP contribution in [0.1, 0.15) is 6.42 Å². The minimum atomic E-state index is -0.481. The van der Waals surface area contributed by atoms with Crippen LogP contribution in [0.25, 0.3) is 0 Å². The zero-order valence-corrected chi connectivity index (χ0v) is 6.84. The van der Waals surface area contributed by atoms with E-state index in [0.29, 0.717) is 6.61 Å². The summed E-state index contributed by atoms with van der Waals surface area (Å²) in [6.07, 6.45) is 1.91. The van der Waals surface area contributed by atoms with Crippen molar-refractivity contribution in [3.8, 4) is 0 Å². The second-order valence-electron chi connectivity index (χ2n) is 1.79. The molecule has 0 atom stereocenters. The minimum Gasteiger partial charge on any atom is -0.396 e. The zero-order valence-electron chi connectivity index (χ0n) is 6.84. The lowest BCUT2D eigenvalue weighted by Crippen LogP contribution is -2.08. The van der Waals surface area contributed by atoms with Crippen molar-refractivity contribution in [1.29, 1.82) is 0 Å². The molecule has 4 N–H and O–H groups in total. The maximum absolute atomic E-state index is 9.47. The summed E-state index contributed by atoms with van der Waals surface area (Å²) < 4.78 is 0. The third-order valence-electron chi connectivity index (χ3n) is 0.786. The third kappa shape index (κ3) is 27.2. The van der Waals surface area contributed by atoms with Crippen LogP contribution in [-0.4, -0.2) is 31.2 Å².